The minimum atomic E-state index is 0.261. The zero-order valence-corrected chi connectivity index (χ0v) is 11.0. The highest BCUT2D eigenvalue weighted by Crippen LogP contribution is 2.29. The van der Waals surface area contributed by atoms with Crippen LogP contribution in [-0.4, -0.2) is 29.0 Å². The van der Waals surface area contributed by atoms with Gasteiger partial charge in [0, 0.05) is 30.1 Å². The molecule has 90 valence electrons. The fourth-order valence-corrected chi connectivity index (χ4v) is 3.43. The van der Waals surface area contributed by atoms with Crippen LogP contribution in [0.3, 0.4) is 0 Å². The average Bonchev–Trinajstić information content (AvgIpc) is 2.38. The Bertz CT molecular complexity index is 385. The van der Waals surface area contributed by atoms with Crippen LogP contribution in [0.25, 0.3) is 0 Å². The number of thioether (sulfide) groups is 1. The molecule has 1 aromatic carbocycles. The fourth-order valence-electron chi connectivity index (χ4n) is 2.39. The molecule has 1 saturated heterocycles. The molecule has 0 N–H and O–H groups in total. The van der Waals surface area contributed by atoms with Crippen LogP contribution in [0.2, 0.25) is 0 Å². The van der Waals surface area contributed by atoms with Gasteiger partial charge in [-0.15, -0.1) is 0 Å². The highest BCUT2D eigenvalue weighted by atomic mass is 32.2. The van der Waals surface area contributed by atoms with Crippen molar-refractivity contribution < 1.29 is 0 Å². The maximum Gasteiger partial charge on any atom is 0.0641 e. The smallest absolute Gasteiger partial charge is 0.0641 e. The third-order valence-electron chi connectivity index (χ3n) is 3.29. The molecule has 2 atom stereocenters. The van der Waals surface area contributed by atoms with Crippen molar-refractivity contribution in [1.82, 2.24) is 4.90 Å². The SMILES string of the molecule is CC1CSCCN1C(CC#N)c1ccccc1. The molecular formula is C14H18N2S. The predicted octanol–water partition coefficient (Wildman–Crippen LogP) is 3.08. The number of hydrogen-bond acceptors (Lipinski definition) is 3. The van der Waals surface area contributed by atoms with Gasteiger partial charge in [-0.05, 0) is 12.5 Å². The maximum atomic E-state index is 9.03. The van der Waals surface area contributed by atoms with Gasteiger partial charge in [-0.3, -0.25) is 4.90 Å². The summed E-state index contributed by atoms with van der Waals surface area (Å²) in [5.74, 6) is 2.36. The molecule has 0 bridgehead atoms. The number of benzene rings is 1. The Balaban J connectivity index is 2.20. The van der Waals surface area contributed by atoms with Crippen molar-refractivity contribution >= 4 is 11.8 Å². The van der Waals surface area contributed by atoms with Crippen LogP contribution < -0.4 is 0 Å². The topological polar surface area (TPSA) is 27.0 Å². The van der Waals surface area contributed by atoms with E-state index in [-0.39, 0.29) is 6.04 Å². The van der Waals surface area contributed by atoms with Gasteiger partial charge in [0.2, 0.25) is 0 Å². The van der Waals surface area contributed by atoms with E-state index in [1.807, 2.05) is 17.8 Å². The minimum Gasteiger partial charge on any atom is -0.291 e. The molecule has 0 amide bonds. The third kappa shape index (κ3) is 3.02. The Hall–Kier alpha value is -0.980. The van der Waals surface area contributed by atoms with Gasteiger partial charge < -0.3 is 0 Å². The molecule has 1 aliphatic heterocycles. The molecule has 0 aliphatic carbocycles. The minimum absolute atomic E-state index is 0.261. The molecule has 2 unspecified atom stereocenters. The summed E-state index contributed by atoms with van der Waals surface area (Å²) >= 11 is 2.01. The summed E-state index contributed by atoms with van der Waals surface area (Å²) in [6.45, 7) is 3.35. The van der Waals surface area contributed by atoms with E-state index < -0.39 is 0 Å². The van der Waals surface area contributed by atoms with Gasteiger partial charge >= 0.3 is 0 Å². The number of hydrogen-bond donors (Lipinski definition) is 0. The summed E-state index contributed by atoms with van der Waals surface area (Å²) < 4.78 is 0. The van der Waals surface area contributed by atoms with Gasteiger partial charge in [0.25, 0.3) is 0 Å². The molecule has 17 heavy (non-hydrogen) atoms. The molecule has 0 radical (unpaired) electrons. The van der Waals surface area contributed by atoms with Crippen LogP contribution in [0.5, 0.6) is 0 Å². The van der Waals surface area contributed by atoms with Crippen LogP contribution in [-0.2, 0) is 0 Å². The molecule has 1 aliphatic rings. The molecule has 1 heterocycles. The maximum absolute atomic E-state index is 9.03. The zero-order chi connectivity index (χ0) is 12.1. The third-order valence-corrected chi connectivity index (χ3v) is 4.48. The summed E-state index contributed by atoms with van der Waals surface area (Å²) in [6, 6.07) is 13.6. The van der Waals surface area contributed by atoms with Crippen molar-refractivity contribution in [2.24, 2.45) is 0 Å². The van der Waals surface area contributed by atoms with Crippen LogP contribution in [0, 0.1) is 11.3 Å². The fraction of sp³-hybridized carbons (Fsp3) is 0.500. The van der Waals surface area contributed by atoms with E-state index in [1.165, 1.54) is 17.1 Å². The standard InChI is InChI=1S/C14H18N2S/c1-12-11-17-10-9-16(12)14(7-8-15)13-5-3-2-4-6-13/h2-6,12,14H,7,9-11H2,1H3. The van der Waals surface area contributed by atoms with Crippen molar-refractivity contribution in [2.75, 3.05) is 18.1 Å². The van der Waals surface area contributed by atoms with Crippen molar-refractivity contribution in [3.05, 3.63) is 35.9 Å². The van der Waals surface area contributed by atoms with E-state index in [1.54, 1.807) is 0 Å². The lowest BCUT2D eigenvalue weighted by molar-refractivity contribution is 0.163. The number of nitriles is 1. The van der Waals surface area contributed by atoms with Gasteiger partial charge in [-0.1, -0.05) is 30.3 Å². The first-order valence-electron chi connectivity index (χ1n) is 6.08. The first-order valence-corrected chi connectivity index (χ1v) is 7.24. The van der Waals surface area contributed by atoms with Gasteiger partial charge in [-0.25, -0.2) is 0 Å². The Kier molecular flexibility index (Phi) is 4.47. The number of nitrogens with zero attached hydrogens (tertiary/aromatic N) is 2. The zero-order valence-electron chi connectivity index (χ0n) is 10.2. The highest BCUT2D eigenvalue weighted by molar-refractivity contribution is 7.99. The highest BCUT2D eigenvalue weighted by Gasteiger charge is 2.27. The summed E-state index contributed by atoms with van der Waals surface area (Å²) in [5.41, 5.74) is 1.27. The lowest BCUT2D eigenvalue weighted by atomic mass is 10.0. The van der Waals surface area contributed by atoms with Crippen molar-refractivity contribution in [2.45, 2.75) is 25.4 Å². The molecule has 0 spiro atoms. The summed E-state index contributed by atoms with van der Waals surface area (Å²) in [6.07, 6.45) is 0.582. The monoisotopic (exact) mass is 246 g/mol. The summed E-state index contributed by atoms with van der Waals surface area (Å²) in [5, 5.41) is 9.03. The molecule has 3 heteroatoms. The summed E-state index contributed by atoms with van der Waals surface area (Å²) in [4.78, 5) is 2.48. The van der Waals surface area contributed by atoms with Crippen LogP contribution in [0.1, 0.15) is 24.9 Å². The van der Waals surface area contributed by atoms with E-state index in [4.69, 9.17) is 5.26 Å². The molecule has 0 saturated carbocycles. The van der Waals surface area contributed by atoms with Crippen LogP contribution in [0.4, 0.5) is 0 Å². The van der Waals surface area contributed by atoms with Crippen molar-refractivity contribution in [3.63, 3.8) is 0 Å². The molecule has 1 aromatic rings. The lowest BCUT2D eigenvalue weighted by Gasteiger charge is -2.38. The van der Waals surface area contributed by atoms with E-state index in [0.29, 0.717) is 12.5 Å². The molecular weight excluding hydrogens is 228 g/mol. The van der Waals surface area contributed by atoms with Crippen molar-refractivity contribution in [3.8, 4) is 6.07 Å². The van der Waals surface area contributed by atoms with Gasteiger partial charge in [0.1, 0.15) is 0 Å². The second-order valence-electron chi connectivity index (χ2n) is 4.45. The predicted molar refractivity (Wildman–Crippen MR) is 72.9 cm³/mol. The Morgan fingerprint density at radius 3 is 2.88 bits per heavy atom. The number of rotatable bonds is 3. The Morgan fingerprint density at radius 2 is 2.24 bits per heavy atom. The molecule has 2 rings (SSSR count). The molecule has 2 nitrogen and oxygen atoms in total. The first-order chi connectivity index (χ1) is 8.33. The van der Waals surface area contributed by atoms with E-state index >= 15 is 0 Å². The quantitative estimate of drug-likeness (QED) is 0.820. The Morgan fingerprint density at radius 1 is 1.47 bits per heavy atom. The normalized spacial score (nSPS) is 22.9. The molecule has 0 aromatic heterocycles. The largest absolute Gasteiger partial charge is 0.291 e. The van der Waals surface area contributed by atoms with E-state index in [0.717, 1.165) is 6.54 Å². The van der Waals surface area contributed by atoms with E-state index in [9.17, 15) is 0 Å². The Labute approximate surface area is 108 Å². The van der Waals surface area contributed by atoms with E-state index in [2.05, 4.69) is 42.2 Å². The van der Waals surface area contributed by atoms with Crippen molar-refractivity contribution in [1.29, 1.82) is 5.26 Å². The van der Waals surface area contributed by atoms with Gasteiger partial charge in [-0.2, -0.15) is 17.0 Å². The summed E-state index contributed by atoms with van der Waals surface area (Å²) in [7, 11) is 0. The second-order valence-corrected chi connectivity index (χ2v) is 5.60. The lowest BCUT2D eigenvalue weighted by Crippen LogP contribution is -2.42. The molecule has 1 fully saturated rings. The first kappa shape index (κ1) is 12.5. The van der Waals surface area contributed by atoms with Gasteiger partial charge in [0.15, 0.2) is 0 Å². The van der Waals surface area contributed by atoms with Crippen LogP contribution >= 0.6 is 11.8 Å². The van der Waals surface area contributed by atoms with Crippen LogP contribution in [0.15, 0.2) is 30.3 Å². The van der Waals surface area contributed by atoms with Gasteiger partial charge in [0.05, 0.1) is 12.5 Å². The second kappa shape index (κ2) is 6.09. The average molecular weight is 246 g/mol.